The molecule has 146 valence electrons. The molecule has 0 bridgehead atoms. The number of amides is 1. The van der Waals surface area contributed by atoms with Crippen LogP contribution in [0.15, 0.2) is 36.4 Å². The summed E-state index contributed by atoms with van der Waals surface area (Å²) in [5.41, 5.74) is 2.01. The Morgan fingerprint density at radius 2 is 1.89 bits per heavy atom. The number of fused-ring (bicyclic) bond motifs is 1. The number of ether oxygens (including phenoxy) is 2. The molecule has 0 fully saturated rings. The Hall–Kier alpha value is -2.70. The molecular weight excluding hydrogens is 403 g/mol. The number of aromatic nitrogens is 1. The van der Waals surface area contributed by atoms with Gasteiger partial charge in [0.2, 0.25) is 0 Å². The highest BCUT2D eigenvalue weighted by Crippen LogP contribution is 2.31. The van der Waals surface area contributed by atoms with Gasteiger partial charge >= 0.3 is 5.97 Å². The number of anilines is 1. The van der Waals surface area contributed by atoms with Crippen molar-refractivity contribution in [3.63, 3.8) is 0 Å². The fourth-order valence-electron chi connectivity index (χ4n) is 2.69. The van der Waals surface area contributed by atoms with Gasteiger partial charge in [-0.2, -0.15) is 0 Å². The van der Waals surface area contributed by atoms with E-state index in [0.29, 0.717) is 27.4 Å². The molecule has 2 N–H and O–H groups in total. The number of aryl methyl sites for hydroxylation is 1. The molecule has 3 aromatic rings. The third kappa shape index (κ3) is 3.93. The third-order valence-corrected chi connectivity index (χ3v) is 5.04. The standard InChI is InChI=1S/C20H18Cl2N2O4/c1-10-8-15(16(27-3)9-13(10)21)24-19(25)11(2)28-20(26)18-17(22)12-6-4-5-7-14(12)23-18/h4-9,11,23H,1-3H3,(H,24,25). The summed E-state index contributed by atoms with van der Waals surface area (Å²) in [6.45, 7) is 3.28. The number of methoxy groups -OCH3 is 1. The molecule has 1 amide bonds. The molecule has 1 unspecified atom stereocenters. The van der Waals surface area contributed by atoms with Crippen molar-refractivity contribution in [2.45, 2.75) is 20.0 Å². The summed E-state index contributed by atoms with van der Waals surface area (Å²) < 4.78 is 10.5. The Kier molecular flexibility index (Phi) is 5.82. The zero-order valence-electron chi connectivity index (χ0n) is 15.4. The topological polar surface area (TPSA) is 80.4 Å². The first-order valence-electron chi connectivity index (χ1n) is 8.44. The first-order valence-corrected chi connectivity index (χ1v) is 9.19. The van der Waals surface area contributed by atoms with Gasteiger partial charge in [-0.15, -0.1) is 0 Å². The lowest BCUT2D eigenvalue weighted by atomic mass is 10.2. The fraction of sp³-hybridized carbons (Fsp3) is 0.200. The Labute approximate surface area is 171 Å². The molecule has 3 rings (SSSR count). The molecule has 0 aliphatic carbocycles. The molecule has 28 heavy (non-hydrogen) atoms. The van der Waals surface area contributed by atoms with E-state index >= 15 is 0 Å². The number of rotatable bonds is 5. The molecule has 0 spiro atoms. The number of H-pyrrole nitrogens is 1. The first kappa shape index (κ1) is 20.0. The van der Waals surface area contributed by atoms with E-state index in [1.807, 2.05) is 12.1 Å². The Bertz CT molecular complexity index is 1060. The van der Waals surface area contributed by atoms with Gasteiger partial charge in [0.1, 0.15) is 11.4 Å². The highest BCUT2D eigenvalue weighted by Gasteiger charge is 2.24. The van der Waals surface area contributed by atoms with E-state index in [2.05, 4.69) is 10.3 Å². The van der Waals surface area contributed by atoms with Crippen LogP contribution in [0.2, 0.25) is 10.0 Å². The van der Waals surface area contributed by atoms with E-state index in [0.717, 1.165) is 5.56 Å². The van der Waals surface area contributed by atoms with Crippen LogP contribution in [0.25, 0.3) is 10.9 Å². The van der Waals surface area contributed by atoms with Gasteiger partial charge in [0.15, 0.2) is 6.10 Å². The van der Waals surface area contributed by atoms with Crippen molar-refractivity contribution in [3.8, 4) is 5.75 Å². The number of hydrogen-bond donors (Lipinski definition) is 2. The van der Waals surface area contributed by atoms with Crippen LogP contribution in [0.5, 0.6) is 5.75 Å². The largest absolute Gasteiger partial charge is 0.495 e. The summed E-state index contributed by atoms with van der Waals surface area (Å²) in [5, 5.41) is 4.16. The molecule has 1 aromatic heterocycles. The zero-order chi connectivity index (χ0) is 20.4. The number of para-hydroxylation sites is 1. The minimum absolute atomic E-state index is 0.0995. The second-order valence-electron chi connectivity index (χ2n) is 6.20. The molecule has 1 heterocycles. The lowest BCUT2D eigenvalue weighted by molar-refractivity contribution is -0.123. The van der Waals surface area contributed by atoms with Gasteiger partial charge in [-0.25, -0.2) is 4.79 Å². The predicted octanol–water partition coefficient (Wildman–Crippen LogP) is 4.98. The van der Waals surface area contributed by atoms with Gasteiger partial charge in [-0.3, -0.25) is 4.79 Å². The van der Waals surface area contributed by atoms with E-state index in [9.17, 15) is 9.59 Å². The van der Waals surface area contributed by atoms with Crippen LogP contribution in [-0.2, 0) is 9.53 Å². The molecule has 1 atom stereocenters. The number of carbonyl (C=O) groups is 2. The minimum Gasteiger partial charge on any atom is -0.495 e. The Morgan fingerprint density at radius 1 is 1.18 bits per heavy atom. The van der Waals surface area contributed by atoms with Crippen molar-refractivity contribution in [2.75, 3.05) is 12.4 Å². The summed E-state index contributed by atoms with van der Waals surface area (Å²) in [6, 6.07) is 10.5. The van der Waals surface area contributed by atoms with E-state index in [1.165, 1.54) is 14.0 Å². The summed E-state index contributed by atoms with van der Waals surface area (Å²) in [6.07, 6.45) is -1.06. The number of esters is 1. The van der Waals surface area contributed by atoms with E-state index in [1.54, 1.807) is 31.2 Å². The lowest BCUT2D eigenvalue weighted by Gasteiger charge is -2.16. The summed E-state index contributed by atoms with van der Waals surface area (Å²) in [7, 11) is 1.47. The fourth-order valence-corrected chi connectivity index (χ4v) is 3.13. The maximum Gasteiger partial charge on any atom is 0.357 e. The number of nitrogens with one attached hydrogen (secondary N) is 2. The van der Waals surface area contributed by atoms with Crippen molar-refractivity contribution < 1.29 is 19.1 Å². The van der Waals surface area contributed by atoms with Crippen LogP contribution < -0.4 is 10.1 Å². The maximum atomic E-state index is 12.5. The smallest absolute Gasteiger partial charge is 0.357 e. The van der Waals surface area contributed by atoms with Gasteiger partial charge in [0.05, 0.1) is 17.8 Å². The molecule has 2 aromatic carbocycles. The number of halogens is 2. The van der Waals surface area contributed by atoms with Crippen molar-refractivity contribution in [1.82, 2.24) is 4.98 Å². The molecule has 8 heteroatoms. The average molecular weight is 421 g/mol. The molecule has 0 radical (unpaired) electrons. The van der Waals surface area contributed by atoms with E-state index in [4.69, 9.17) is 32.7 Å². The van der Waals surface area contributed by atoms with Gasteiger partial charge in [0, 0.05) is 22.0 Å². The second-order valence-corrected chi connectivity index (χ2v) is 6.98. The van der Waals surface area contributed by atoms with Crippen LogP contribution in [0.1, 0.15) is 23.0 Å². The molecule has 0 saturated carbocycles. The van der Waals surface area contributed by atoms with Crippen LogP contribution >= 0.6 is 23.2 Å². The quantitative estimate of drug-likeness (QED) is 0.570. The van der Waals surface area contributed by atoms with E-state index in [-0.39, 0.29) is 10.7 Å². The molecular formula is C20H18Cl2N2O4. The minimum atomic E-state index is -1.06. The van der Waals surface area contributed by atoms with Crippen LogP contribution in [0, 0.1) is 6.92 Å². The van der Waals surface area contributed by atoms with E-state index < -0.39 is 18.0 Å². The monoisotopic (exact) mass is 420 g/mol. The predicted molar refractivity (Wildman–Crippen MR) is 110 cm³/mol. The number of hydrogen-bond acceptors (Lipinski definition) is 4. The number of carbonyl (C=O) groups excluding carboxylic acids is 2. The molecule has 6 nitrogen and oxygen atoms in total. The molecule has 0 saturated heterocycles. The number of aromatic amines is 1. The maximum absolute atomic E-state index is 12.5. The SMILES string of the molecule is COc1cc(Cl)c(C)cc1NC(=O)C(C)OC(=O)c1[nH]c2ccccc2c1Cl. The first-order chi connectivity index (χ1) is 13.3. The third-order valence-electron chi connectivity index (χ3n) is 4.24. The molecule has 0 aliphatic heterocycles. The van der Waals surface area contributed by atoms with Crippen molar-refractivity contribution in [2.24, 2.45) is 0 Å². The van der Waals surface area contributed by atoms with Crippen LogP contribution in [-0.4, -0.2) is 30.1 Å². The van der Waals surface area contributed by atoms with Gasteiger partial charge in [0.25, 0.3) is 5.91 Å². The van der Waals surface area contributed by atoms with Crippen molar-refractivity contribution >= 4 is 51.7 Å². The lowest BCUT2D eigenvalue weighted by Crippen LogP contribution is -2.30. The zero-order valence-corrected chi connectivity index (χ0v) is 16.9. The van der Waals surface area contributed by atoms with Gasteiger partial charge in [-0.1, -0.05) is 41.4 Å². The highest BCUT2D eigenvalue weighted by atomic mass is 35.5. The number of benzene rings is 2. The van der Waals surface area contributed by atoms with Crippen molar-refractivity contribution in [3.05, 3.63) is 57.7 Å². The summed E-state index contributed by atoms with van der Waals surface area (Å²) in [5.74, 6) is -0.829. The van der Waals surface area contributed by atoms with Crippen molar-refractivity contribution in [1.29, 1.82) is 0 Å². The molecule has 0 aliphatic rings. The van der Waals surface area contributed by atoms with Gasteiger partial charge in [-0.05, 0) is 31.5 Å². The van der Waals surface area contributed by atoms with Gasteiger partial charge < -0.3 is 19.8 Å². The average Bonchev–Trinajstić information content (AvgIpc) is 3.01. The van der Waals surface area contributed by atoms with Crippen LogP contribution in [0.3, 0.4) is 0 Å². The second kappa shape index (κ2) is 8.12. The highest BCUT2D eigenvalue weighted by molar-refractivity contribution is 6.38. The van der Waals surface area contributed by atoms with Crippen LogP contribution in [0.4, 0.5) is 5.69 Å². The Morgan fingerprint density at radius 3 is 2.57 bits per heavy atom. The summed E-state index contributed by atoms with van der Waals surface area (Å²) in [4.78, 5) is 27.9. The summed E-state index contributed by atoms with van der Waals surface area (Å²) >= 11 is 12.3. The normalized spacial score (nSPS) is 11.9. The Balaban J connectivity index is 1.74.